The van der Waals surface area contributed by atoms with Crippen molar-refractivity contribution in [3.63, 3.8) is 0 Å². The van der Waals surface area contributed by atoms with Gasteiger partial charge in [0, 0.05) is 43.8 Å². The Labute approximate surface area is 179 Å². The number of hydrogen-bond donors (Lipinski definition) is 1. The van der Waals surface area contributed by atoms with E-state index in [0.29, 0.717) is 29.8 Å². The summed E-state index contributed by atoms with van der Waals surface area (Å²) in [5, 5.41) is 21.8. The van der Waals surface area contributed by atoms with Gasteiger partial charge in [-0.15, -0.1) is 0 Å². The monoisotopic (exact) mass is 420 g/mol. The molecule has 1 saturated heterocycles. The van der Waals surface area contributed by atoms with Gasteiger partial charge in [-0.3, -0.25) is 9.58 Å². The molecule has 8 nitrogen and oxygen atoms in total. The van der Waals surface area contributed by atoms with Gasteiger partial charge in [0.25, 0.3) is 0 Å². The summed E-state index contributed by atoms with van der Waals surface area (Å²) >= 11 is 0. The predicted molar refractivity (Wildman–Crippen MR) is 113 cm³/mol. The van der Waals surface area contributed by atoms with Crippen LogP contribution in [0.3, 0.4) is 0 Å². The van der Waals surface area contributed by atoms with Crippen LogP contribution in [0, 0.1) is 17.1 Å². The first-order chi connectivity index (χ1) is 15.0. The Kier molecular flexibility index (Phi) is 4.10. The fourth-order valence-corrected chi connectivity index (χ4v) is 5.40. The Morgan fingerprint density at radius 1 is 1.19 bits per heavy atom. The van der Waals surface area contributed by atoms with Gasteiger partial charge in [-0.25, -0.2) is 8.91 Å². The van der Waals surface area contributed by atoms with E-state index in [1.54, 1.807) is 6.07 Å². The molecule has 0 unspecified atom stereocenters. The second-order valence-corrected chi connectivity index (χ2v) is 9.05. The highest BCUT2D eigenvalue weighted by Crippen LogP contribution is 2.36. The normalized spacial score (nSPS) is 24.0. The van der Waals surface area contributed by atoms with Crippen molar-refractivity contribution in [2.24, 2.45) is 0 Å². The number of hydrogen-bond acceptors (Lipinski definition) is 6. The third-order valence-corrected chi connectivity index (χ3v) is 7.12. The first kappa shape index (κ1) is 18.8. The average molecular weight is 420 g/mol. The molecule has 0 radical (unpaired) electrons. The van der Waals surface area contributed by atoms with Gasteiger partial charge < -0.3 is 10.2 Å². The van der Waals surface area contributed by atoms with Crippen LogP contribution < -0.4 is 10.2 Å². The molecule has 6 rings (SSSR count). The molecular weight excluding hydrogens is 395 g/mol. The minimum Gasteiger partial charge on any atom is -0.362 e. The molecule has 3 aromatic rings. The number of nitrogens with zero attached hydrogens (tertiary/aromatic N) is 7. The zero-order chi connectivity index (χ0) is 21.3. The SMILES string of the molecule is C[C@@H]1CN(c2ccc(C#N)n3ncc(F)c23)Cc2c3c(nn21)CN(C1CNC1)[C@@H](C)C3. The van der Waals surface area contributed by atoms with Crippen molar-refractivity contribution in [3.05, 3.63) is 46.8 Å². The molecule has 9 heteroatoms. The Balaban J connectivity index is 1.39. The molecule has 0 bridgehead atoms. The molecule has 2 atom stereocenters. The molecule has 0 aliphatic carbocycles. The maximum atomic E-state index is 14.6. The summed E-state index contributed by atoms with van der Waals surface area (Å²) in [6, 6.07) is 6.91. The van der Waals surface area contributed by atoms with E-state index in [1.807, 2.05) is 6.07 Å². The molecule has 31 heavy (non-hydrogen) atoms. The summed E-state index contributed by atoms with van der Waals surface area (Å²) < 4.78 is 18.2. The van der Waals surface area contributed by atoms with Gasteiger partial charge in [0.05, 0.1) is 35.9 Å². The van der Waals surface area contributed by atoms with Gasteiger partial charge in [0.15, 0.2) is 5.82 Å². The fraction of sp³-hybridized carbons (Fsp3) is 0.500. The summed E-state index contributed by atoms with van der Waals surface area (Å²) in [7, 11) is 0. The van der Waals surface area contributed by atoms with Crippen molar-refractivity contribution in [1.29, 1.82) is 5.26 Å². The first-order valence-corrected chi connectivity index (χ1v) is 10.9. The van der Waals surface area contributed by atoms with E-state index in [0.717, 1.165) is 38.3 Å². The lowest BCUT2D eigenvalue weighted by atomic mass is 9.94. The van der Waals surface area contributed by atoms with Crippen LogP contribution in [-0.2, 0) is 19.5 Å². The number of rotatable bonds is 2. The third kappa shape index (κ3) is 2.71. The van der Waals surface area contributed by atoms with Crippen LogP contribution >= 0.6 is 0 Å². The van der Waals surface area contributed by atoms with Gasteiger partial charge in [0.1, 0.15) is 17.3 Å². The highest BCUT2D eigenvalue weighted by atomic mass is 19.1. The van der Waals surface area contributed by atoms with Gasteiger partial charge >= 0.3 is 0 Å². The summed E-state index contributed by atoms with van der Waals surface area (Å²) in [5.41, 5.74) is 5.24. The van der Waals surface area contributed by atoms with Crippen molar-refractivity contribution in [2.45, 2.75) is 51.5 Å². The maximum absolute atomic E-state index is 14.6. The fourth-order valence-electron chi connectivity index (χ4n) is 5.40. The number of nitrogens with one attached hydrogen (secondary N) is 1. The van der Waals surface area contributed by atoms with E-state index in [1.165, 1.54) is 27.7 Å². The predicted octanol–water partition coefficient (Wildman–Crippen LogP) is 1.84. The standard InChI is InChI=1S/C22H25FN8/c1-13-5-17-19(11-29(13)16-7-25-8-16)27-30-14(2)10-28(12-21(17)30)20-4-3-15(6-24)31-22(20)18(23)9-26-31/h3-4,9,13-14,16,25H,5,7-8,10-12H2,1-2H3/t13-,14+/m0/s1. The first-order valence-electron chi connectivity index (χ1n) is 10.9. The molecular formula is C22H25FN8. The van der Waals surface area contributed by atoms with Gasteiger partial charge in [-0.2, -0.15) is 15.5 Å². The van der Waals surface area contributed by atoms with Crippen molar-refractivity contribution in [2.75, 3.05) is 24.5 Å². The molecule has 0 spiro atoms. The van der Waals surface area contributed by atoms with Crippen LogP contribution in [0.2, 0.25) is 0 Å². The highest BCUT2D eigenvalue weighted by Gasteiger charge is 2.37. The van der Waals surface area contributed by atoms with Crippen LogP contribution in [0.15, 0.2) is 18.3 Å². The smallest absolute Gasteiger partial charge is 0.171 e. The van der Waals surface area contributed by atoms with Crippen molar-refractivity contribution < 1.29 is 4.39 Å². The van der Waals surface area contributed by atoms with Crippen LogP contribution in [0.25, 0.3) is 5.52 Å². The third-order valence-electron chi connectivity index (χ3n) is 7.12. The highest BCUT2D eigenvalue weighted by molar-refractivity contribution is 5.75. The van der Waals surface area contributed by atoms with E-state index in [4.69, 9.17) is 5.10 Å². The topological polar surface area (TPSA) is 77.4 Å². The lowest BCUT2D eigenvalue weighted by Gasteiger charge is -2.44. The van der Waals surface area contributed by atoms with E-state index in [9.17, 15) is 9.65 Å². The van der Waals surface area contributed by atoms with Crippen molar-refractivity contribution in [1.82, 2.24) is 29.6 Å². The van der Waals surface area contributed by atoms with Gasteiger partial charge in [-0.05, 0) is 32.4 Å². The summed E-state index contributed by atoms with van der Waals surface area (Å²) in [5.74, 6) is -0.403. The molecule has 3 aliphatic rings. The zero-order valence-electron chi connectivity index (χ0n) is 17.7. The molecule has 3 aliphatic heterocycles. The minimum absolute atomic E-state index is 0.171. The van der Waals surface area contributed by atoms with E-state index in [2.05, 4.69) is 44.8 Å². The number of aromatic nitrogens is 4. The zero-order valence-corrected chi connectivity index (χ0v) is 17.7. The van der Waals surface area contributed by atoms with Crippen LogP contribution in [0.1, 0.15) is 42.5 Å². The number of anilines is 1. The van der Waals surface area contributed by atoms with Crippen molar-refractivity contribution >= 4 is 11.2 Å². The second kappa shape index (κ2) is 6.77. The second-order valence-electron chi connectivity index (χ2n) is 9.05. The van der Waals surface area contributed by atoms with E-state index < -0.39 is 5.82 Å². The van der Waals surface area contributed by atoms with E-state index in [-0.39, 0.29) is 6.04 Å². The lowest BCUT2D eigenvalue weighted by Crippen LogP contribution is -2.60. The van der Waals surface area contributed by atoms with Crippen LogP contribution in [0.4, 0.5) is 10.1 Å². The summed E-state index contributed by atoms with van der Waals surface area (Å²) in [6.45, 7) is 8.89. The Morgan fingerprint density at radius 3 is 2.77 bits per heavy atom. The quantitative estimate of drug-likeness (QED) is 0.682. The van der Waals surface area contributed by atoms with Gasteiger partial charge in [0.2, 0.25) is 0 Å². The largest absolute Gasteiger partial charge is 0.362 e. The van der Waals surface area contributed by atoms with E-state index >= 15 is 0 Å². The number of pyridine rings is 1. The summed E-state index contributed by atoms with van der Waals surface area (Å²) in [4.78, 5) is 4.78. The number of nitriles is 1. The molecule has 3 aromatic heterocycles. The van der Waals surface area contributed by atoms with Crippen LogP contribution in [0.5, 0.6) is 0 Å². The Morgan fingerprint density at radius 2 is 2.03 bits per heavy atom. The molecule has 6 heterocycles. The maximum Gasteiger partial charge on any atom is 0.171 e. The summed E-state index contributed by atoms with van der Waals surface area (Å²) in [6.07, 6.45) is 2.18. The molecule has 160 valence electrons. The number of halogens is 1. The molecule has 0 amide bonds. The minimum atomic E-state index is -0.403. The Bertz CT molecular complexity index is 1220. The molecule has 1 fully saturated rings. The van der Waals surface area contributed by atoms with Crippen molar-refractivity contribution in [3.8, 4) is 6.07 Å². The van der Waals surface area contributed by atoms with Gasteiger partial charge in [-0.1, -0.05) is 0 Å². The molecule has 1 N–H and O–H groups in total. The number of fused-ring (bicyclic) bond motifs is 4. The Hall–Kier alpha value is -2.96. The molecule has 0 saturated carbocycles. The molecule has 0 aromatic carbocycles. The lowest BCUT2D eigenvalue weighted by molar-refractivity contribution is 0.0837. The van der Waals surface area contributed by atoms with Crippen LogP contribution in [-0.4, -0.2) is 56.0 Å². The average Bonchev–Trinajstić information content (AvgIpc) is 3.28.